The molecule has 1 amide bonds. The molecule has 2 N–H and O–H groups in total. The van der Waals surface area contributed by atoms with Crippen LogP contribution in [0.15, 0.2) is 0 Å². The van der Waals surface area contributed by atoms with E-state index in [1.54, 1.807) is 6.92 Å². The zero-order valence-corrected chi connectivity index (χ0v) is 11.7. The number of aromatic nitrogens is 2. The number of carboxylic acid groups (broad SMARTS) is 1. The lowest BCUT2D eigenvalue weighted by Crippen LogP contribution is -2.29. The number of nitrogens with one attached hydrogen (secondary N) is 1. The van der Waals surface area contributed by atoms with Crippen molar-refractivity contribution in [2.24, 2.45) is 17.8 Å². The van der Waals surface area contributed by atoms with Crippen molar-refractivity contribution in [2.45, 2.75) is 33.1 Å². The fraction of sp³-hybridized carbons (Fsp3) is 0.667. The molecular weight excluding hydrogens is 266 g/mol. The van der Waals surface area contributed by atoms with Crippen LogP contribution in [-0.2, 0) is 9.59 Å². The molecule has 0 aliphatic heterocycles. The SMILES string of the molecule is CCC1C[C@H](C(=O)Nc2nc(C)ns2)[C@H](C(=O)O)C1. The zero-order chi connectivity index (χ0) is 14.0. The Hall–Kier alpha value is -1.50. The fourth-order valence-electron chi connectivity index (χ4n) is 2.58. The number of carbonyl (C=O) groups is 2. The second-order valence-corrected chi connectivity index (χ2v) is 5.68. The second kappa shape index (κ2) is 5.64. The Morgan fingerprint density at radius 2 is 2.11 bits per heavy atom. The minimum Gasteiger partial charge on any atom is -0.481 e. The summed E-state index contributed by atoms with van der Waals surface area (Å²) < 4.78 is 3.98. The number of amides is 1. The summed E-state index contributed by atoms with van der Waals surface area (Å²) in [5.74, 6) is -1.27. The molecule has 1 unspecified atom stereocenters. The zero-order valence-electron chi connectivity index (χ0n) is 10.9. The predicted octanol–water partition coefficient (Wildman–Crippen LogP) is 1.92. The van der Waals surface area contributed by atoms with Crippen molar-refractivity contribution in [1.29, 1.82) is 0 Å². The van der Waals surface area contributed by atoms with Gasteiger partial charge >= 0.3 is 5.97 Å². The van der Waals surface area contributed by atoms with Gasteiger partial charge < -0.3 is 10.4 Å². The molecule has 1 saturated carbocycles. The van der Waals surface area contributed by atoms with Gasteiger partial charge in [0, 0.05) is 11.5 Å². The van der Waals surface area contributed by atoms with Gasteiger partial charge in [-0.2, -0.15) is 4.37 Å². The highest BCUT2D eigenvalue weighted by Crippen LogP contribution is 2.39. The van der Waals surface area contributed by atoms with Gasteiger partial charge in [-0.25, -0.2) is 4.98 Å². The molecule has 1 fully saturated rings. The van der Waals surface area contributed by atoms with E-state index in [0.29, 0.717) is 29.7 Å². The smallest absolute Gasteiger partial charge is 0.307 e. The molecule has 1 aromatic heterocycles. The lowest BCUT2D eigenvalue weighted by Gasteiger charge is -2.13. The Kier molecular flexibility index (Phi) is 4.14. The van der Waals surface area contributed by atoms with Crippen LogP contribution in [-0.4, -0.2) is 26.3 Å². The standard InChI is InChI=1S/C12H17N3O3S/c1-3-7-4-8(9(5-7)11(17)18)10(16)14-12-13-6(2)15-19-12/h7-9H,3-5H2,1-2H3,(H,17,18)(H,13,14,15,16)/t7?,8-,9+/m0/s1. The van der Waals surface area contributed by atoms with Crippen molar-refractivity contribution in [3.8, 4) is 0 Å². The Balaban J connectivity index is 2.06. The molecule has 1 aliphatic rings. The van der Waals surface area contributed by atoms with E-state index in [4.69, 9.17) is 0 Å². The van der Waals surface area contributed by atoms with E-state index in [0.717, 1.165) is 18.0 Å². The molecule has 3 atom stereocenters. The van der Waals surface area contributed by atoms with Crippen LogP contribution in [0.2, 0.25) is 0 Å². The molecule has 2 rings (SSSR count). The van der Waals surface area contributed by atoms with E-state index in [1.807, 2.05) is 6.92 Å². The van der Waals surface area contributed by atoms with Crippen molar-refractivity contribution in [1.82, 2.24) is 9.36 Å². The molecule has 7 heteroatoms. The lowest BCUT2D eigenvalue weighted by molar-refractivity contribution is -0.145. The van der Waals surface area contributed by atoms with E-state index in [2.05, 4.69) is 14.7 Å². The highest BCUT2D eigenvalue weighted by atomic mass is 32.1. The van der Waals surface area contributed by atoms with Crippen molar-refractivity contribution < 1.29 is 14.7 Å². The highest BCUT2D eigenvalue weighted by molar-refractivity contribution is 7.09. The minimum atomic E-state index is -0.885. The maximum atomic E-state index is 12.2. The summed E-state index contributed by atoms with van der Waals surface area (Å²) in [5, 5.41) is 12.3. The van der Waals surface area contributed by atoms with Crippen LogP contribution < -0.4 is 5.32 Å². The molecular formula is C12H17N3O3S. The van der Waals surface area contributed by atoms with E-state index in [1.165, 1.54) is 0 Å². The number of anilines is 1. The summed E-state index contributed by atoms with van der Waals surface area (Å²) in [6.07, 6.45) is 2.13. The summed E-state index contributed by atoms with van der Waals surface area (Å²) in [7, 11) is 0. The summed E-state index contributed by atoms with van der Waals surface area (Å²) >= 11 is 1.11. The third kappa shape index (κ3) is 3.09. The molecule has 0 saturated heterocycles. The number of rotatable bonds is 4. The second-order valence-electron chi connectivity index (χ2n) is 4.93. The quantitative estimate of drug-likeness (QED) is 0.880. The highest BCUT2D eigenvalue weighted by Gasteiger charge is 2.42. The van der Waals surface area contributed by atoms with Crippen LogP contribution >= 0.6 is 11.5 Å². The normalized spacial score (nSPS) is 26.3. The lowest BCUT2D eigenvalue weighted by atomic mass is 9.95. The Labute approximate surface area is 115 Å². The molecule has 1 aliphatic carbocycles. The first-order valence-electron chi connectivity index (χ1n) is 6.35. The molecule has 1 heterocycles. The summed E-state index contributed by atoms with van der Waals surface area (Å²) in [6, 6.07) is 0. The number of carbonyl (C=O) groups excluding carboxylic acids is 1. The monoisotopic (exact) mass is 283 g/mol. The average Bonchev–Trinajstić information content (AvgIpc) is 2.95. The Morgan fingerprint density at radius 1 is 1.42 bits per heavy atom. The van der Waals surface area contributed by atoms with Crippen LogP contribution in [0.3, 0.4) is 0 Å². The van der Waals surface area contributed by atoms with Crippen molar-refractivity contribution in [3.63, 3.8) is 0 Å². The number of nitrogens with zero attached hydrogens (tertiary/aromatic N) is 2. The topological polar surface area (TPSA) is 92.2 Å². The molecule has 6 nitrogen and oxygen atoms in total. The van der Waals surface area contributed by atoms with Gasteiger partial charge in [-0.3, -0.25) is 9.59 Å². The van der Waals surface area contributed by atoms with Gasteiger partial charge in [0.25, 0.3) is 0 Å². The average molecular weight is 283 g/mol. The third-order valence-electron chi connectivity index (χ3n) is 3.65. The largest absolute Gasteiger partial charge is 0.481 e. The number of hydrogen-bond donors (Lipinski definition) is 2. The van der Waals surface area contributed by atoms with E-state index >= 15 is 0 Å². The summed E-state index contributed by atoms with van der Waals surface area (Å²) in [5.41, 5.74) is 0. The molecule has 0 bridgehead atoms. The van der Waals surface area contributed by atoms with E-state index in [-0.39, 0.29) is 5.91 Å². The van der Waals surface area contributed by atoms with Gasteiger partial charge in [0.05, 0.1) is 11.8 Å². The van der Waals surface area contributed by atoms with Crippen LogP contribution in [0.5, 0.6) is 0 Å². The van der Waals surface area contributed by atoms with Crippen LogP contribution in [0.1, 0.15) is 32.0 Å². The first-order valence-corrected chi connectivity index (χ1v) is 7.12. The molecule has 0 radical (unpaired) electrons. The molecule has 1 aromatic rings. The van der Waals surface area contributed by atoms with Crippen LogP contribution in [0.25, 0.3) is 0 Å². The fourth-order valence-corrected chi connectivity index (χ4v) is 3.16. The third-order valence-corrected chi connectivity index (χ3v) is 4.37. The van der Waals surface area contributed by atoms with Gasteiger partial charge in [0.1, 0.15) is 5.82 Å². The van der Waals surface area contributed by atoms with E-state index < -0.39 is 17.8 Å². The number of hydrogen-bond acceptors (Lipinski definition) is 5. The summed E-state index contributed by atoms with van der Waals surface area (Å²) in [4.78, 5) is 27.5. The Bertz CT molecular complexity index is 488. The van der Waals surface area contributed by atoms with Gasteiger partial charge in [0.15, 0.2) is 0 Å². The first kappa shape index (κ1) is 13.9. The summed E-state index contributed by atoms with van der Waals surface area (Å²) in [6.45, 7) is 3.77. The van der Waals surface area contributed by atoms with Gasteiger partial charge in [-0.05, 0) is 25.7 Å². The molecule has 19 heavy (non-hydrogen) atoms. The first-order chi connectivity index (χ1) is 9.01. The van der Waals surface area contributed by atoms with Crippen LogP contribution in [0.4, 0.5) is 5.13 Å². The maximum Gasteiger partial charge on any atom is 0.307 e. The van der Waals surface area contributed by atoms with Crippen LogP contribution in [0, 0.1) is 24.7 Å². The molecule has 0 spiro atoms. The van der Waals surface area contributed by atoms with Gasteiger partial charge in [-0.15, -0.1) is 0 Å². The number of carboxylic acids is 1. The van der Waals surface area contributed by atoms with Crippen molar-refractivity contribution in [2.75, 3.05) is 5.32 Å². The molecule has 104 valence electrons. The van der Waals surface area contributed by atoms with E-state index in [9.17, 15) is 14.7 Å². The van der Waals surface area contributed by atoms with Gasteiger partial charge in [0.2, 0.25) is 11.0 Å². The predicted molar refractivity (Wildman–Crippen MR) is 70.9 cm³/mol. The number of aryl methyl sites for hydroxylation is 1. The Morgan fingerprint density at radius 3 is 2.63 bits per heavy atom. The molecule has 0 aromatic carbocycles. The minimum absolute atomic E-state index is 0.250. The van der Waals surface area contributed by atoms with Crippen molar-refractivity contribution in [3.05, 3.63) is 5.82 Å². The number of aliphatic carboxylic acids is 1. The van der Waals surface area contributed by atoms with Gasteiger partial charge in [-0.1, -0.05) is 13.3 Å². The maximum absolute atomic E-state index is 12.2. The van der Waals surface area contributed by atoms with Crippen molar-refractivity contribution >= 4 is 28.5 Å².